The third-order valence-electron chi connectivity index (χ3n) is 6.50. The lowest BCUT2D eigenvalue weighted by atomic mass is 9.74. The number of nitrogens with one attached hydrogen (secondary N) is 1. The van der Waals surface area contributed by atoms with E-state index in [2.05, 4.69) is 60.8 Å². The summed E-state index contributed by atoms with van der Waals surface area (Å²) in [7, 11) is 0. The van der Waals surface area contributed by atoms with Crippen LogP contribution in [0.4, 0.5) is 11.4 Å². The summed E-state index contributed by atoms with van der Waals surface area (Å²) in [6.45, 7) is 4.05. The highest BCUT2D eigenvalue weighted by Crippen LogP contribution is 2.54. The molecule has 0 saturated heterocycles. The number of fused-ring (bicyclic) bond motifs is 4. The molecular weight excluding hydrogens is 348 g/mol. The molecular formula is C24H22N2O2. The van der Waals surface area contributed by atoms with Gasteiger partial charge in [-0.2, -0.15) is 0 Å². The molecule has 3 aromatic rings. The van der Waals surface area contributed by atoms with Crippen molar-refractivity contribution in [2.75, 3.05) is 5.32 Å². The average molecular weight is 370 g/mol. The summed E-state index contributed by atoms with van der Waals surface area (Å²) >= 11 is 0. The zero-order chi connectivity index (χ0) is 19.4. The summed E-state index contributed by atoms with van der Waals surface area (Å²) in [4.78, 5) is 11.6. The van der Waals surface area contributed by atoms with Crippen LogP contribution in [-0.4, -0.2) is 4.92 Å². The van der Waals surface area contributed by atoms with Crippen LogP contribution in [-0.2, 0) is 0 Å². The summed E-state index contributed by atoms with van der Waals surface area (Å²) in [6.07, 6.45) is 5.46. The van der Waals surface area contributed by atoms with Crippen molar-refractivity contribution in [3.63, 3.8) is 0 Å². The lowest BCUT2D eigenvalue weighted by Crippen LogP contribution is -2.30. The van der Waals surface area contributed by atoms with E-state index < -0.39 is 0 Å². The van der Waals surface area contributed by atoms with E-state index in [1.54, 1.807) is 6.07 Å². The topological polar surface area (TPSA) is 55.2 Å². The van der Waals surface area contributed by atoms with Gasteiger partial charge in [0.1, 0.15) is 5.69 Å². The maximum atomic E-state index is 11.8. The highest BCUT2D eigenvalue weighted by atomic mass is 16.6. The number of rotatable bonds is 2. The molecule has 140 valence electrons. The molecule has 0 fully saturated rings. The van der Waals surface area contributed by atoms with Gasteiger partial charge in [-0.25, -0.2) is 0 Å². The highest BCUT2D eigenvalue weighted by molar-refractivity contribution is 5.87. The van der Waals surface area contributed by atoms with Crippen LogP contribution in [0.3, 0.4) is 0 Å². The maximum absolute atomic E-state index is 11.8. The maximum Gasteiger partial charge on any atom is 0.292 e. The van der Waals surface area contributed by atoms with Gasteiger partial charge in [-0.3, -0.25) is 10.1 Å². The largest absolute Gasteiger partial charge is 0.372 e. The van der Waals surface area contributed by atoms with Gasteiger partial charge in [0.2, 0.25) is 0 Å². The predicted octanol–water partition coefficient (Wildman–Crippen LogP) is 6.19. The number of allylic oxidation sites excluding steroid dienone is 2. The Balaban J connectivity index is 1.75. The van der Waals surface area contributed by atoms with Crippen molar-refractivity contribution >= 4 is 22.1 Å². The molecule has 4 heteroatoms. The number of hydrogen-bond donors (Lipinski definition) is 1. The first-order chi connectivity index (χ1) is 13.6. The van der Waals surface area contributed by atoms with Crippen molar-refractivity contribution < 1.29 is 4.92 Å². The zero-order valence-electron chi connectivity index (χ0n) is 16.0. The molecule has 3 atom stereocenters. The molecule has 0 radical (unpaired) electrons. The van der Waals surface area contributed by atoms with Gasteiger partial charge >= 0.3 is 0 Å². The number of nitro groups is 1. The average Bonchev–Trinajstić information content (AvgIpc) is 3.19. The second kappa shape index (κ2) is 6.20. The number of nitrogens with zero attached hydrogens (tertiary/aromatic N) is 1. The van der Waals surface area contributed by atoms with Crippen molar-refractivity contribution in [1.29, 1.82) is 0 Å². The van der Waals surface area contributed by atoms with Crippen LogP contribution in [0.1, 0.15) is 40.6 Å². The fourth-order valence-electron chi connectivity index (χ4n) is 5.05. The van der Waals surface area contributed by atoms with Gasteiger partial charge in [0.25, 0.3) is 5.69 Å². The molecule has 4 nitrogen and oxygen atoms in total. The SMILES string of the molecule is Cc1cc([N+](=O)[O-])c2c(c1C)[C@@H]1C=CC[C@H]1[C@@H](c1cccc3ccccc13)N2. The Kier molecular flexibility index (Phi) is 3.76. The Morgan fingerprint density at radius 1 is 1.11 bits per heavy atom. The van der Waals surface area contributed by atoms with Gasteiger partial charge in [0.05, 0.1) is 11.0 Å². The Hall–Kier alpha value is -3.14. The first kappa shape index (κ1) is 17.0. The van der Waals surface area contributed by atoms with E-state index >= 15 is 0 Å². The van der Waals surface area contributed by atoms with Gasteiger partial charge in [-0.15, -0.1) is 0 Å². The van der Waals surface area contributed by atoms with Crippen molar-refractivity contribution in [3.05, 3.63) is 93.1 Å². The van der Waals surface area contributed by atoms with E-state index in [1.165, 1.54) is 16.3 Å². The summed E-state index contributed by atoms with van der Waals surface area (Å²) < 4.78 is 0. The van der Waals surface area contributed by atoms with Crippen LogP contribution in [0.5, 0.6) is 0 Å². The number of nitro benzene ring substituents is 1. The van der Waals surface area contributed by atoms with Crippen molar-refractivity contribution in [2.45, 2.75) is 32.2 Å². The van der Waals surface area contributed by atoms with Crippen molar-refractivity contribution in [2.24, 2.45) is 5.92 Å². The third-order valence-corrected chi connectivity index (χ3v) is 6.50. The van der Waals surface area contributed by atoms with Gasteiger partial charge in [-0.1, -0.05) is 54.6 Å². The van der Waals surface area contributed by atoms with Crippen LogP contribution >= 0.6 is 0 Å². The minimum absolute atomic E-state index is 0.0411. The molecule has 0 bridgehead atoms. The van der Waals surface area contributed by atoms with Crippen LogP contribution in [0.15, 0.2) is 60.7 Å². The second-order valence-corrected chi connectivity index (χ2v) is 7.93. The second-order valence-electron chi connectivity index (χ2n) is 7.93. The van der Waals surface area contributed by atoms with E-state index in [0.29, 0.717) is 11.6 Å². The first-order valence-corrected chi connectivity index (χ1v) is 9.75. The molecule has 0 spiro atoms. The number of anilines is 1. The lowest BCUT2D eigenvalue weighted by Gasteiger charge is -2.38. The van der Waals surface area contributed by atoms with E-state index in [1.807, 2.05) is 13.0 Å². The van der Waals surface area contributed by atoms with Gasteiger partial charge in [0.15, 0.2) is 0 Å². The minimum Gasteiger partial charge on any atom is -0.372 e. The Morgan fingerprint density at radius 3 is 2.71 bits per heavy atom. The fourth-order valence-corrected chi connectivity index (χ4v) is 5.05. The van der Waals surface area contributed by atoms with E-state index in [0.717, 1.165) is 23.1 Å². The minimum atomic E-state index is -0.253. The summed E-state index contributed by atoms with van der Waals surface area (Å²) in [6, 6.07) is 16.5. The van der Waals surface area contributed by atoms with Crippen LogP contribution < -0.4 is 5.32 Å². The molecule has 0 unspecified atom stereocenters. The summed E-state index contributed by atoms with van der Waals surface area (Å²) in [5, 5.41) is 17.9. The third kappa shape index (κ3) is 2.37. The molecule has 0 aromatic heterocycles. The monoisotopic (exact) mass is 370 g/mol. The van der Waals surface area contributed by atoms with E-state index in [9.17, 15) is 10.1 Å². The molecule has 0 saturated carbocycles. The van der Waals surface area contributed by atoms with Crippen LogP contribution in [0.25, 0.3) is 10.8 Å². The summed E-state index contributed by atoms with van der Waals surface area (Å²) in [5.41, 5.74) is 5.33. The smallest absolute Gasteiger partial charge is 0.292 e. The van der Waals surface area contributed by atoms with Crippen molar-refractivity contribution in [3.8, 4) is 0 Å². The molecule has 5 rings (SSSR count). The Labute approximate surface area is 164 Å². The summed E-state index contributed by atoms with van der Waals surface area (Å²) in [5.74, 6) is 0.567. The van der Waals surface area contributed by atoms with E-state index in [-0.39, 0.29) is 22.6 Å². The van der Waals surface area contributed by atoms with Crippen LogP contribution in [0.2, 0.25) is 0 Å². The molecule has 2 aliphatic rings. The molecule has 28 heavy (non-hydrogen) atoms. The highest BCUT2D eigenvalue weighted by Gasteiger charge is 2.42. The van der Waals surface area contributed by atoms with Gasteiger partial charge < -0.3 is 5.32 Å². The van der Waals surface area contributed by atoms with E-state index in [4.69, 9.17) is 0 Å². The lowest BCUT2D eigenvalue weighted by molar-refractivity contribution is -0.384. The number of aryl methyl sites for hydroxylation is 1. The Morgan fingerprint density at radius 2 is 1.89 bits per heavy atom. The molecule has 3 aromatic carbocycles. The quantitative estimate of drug-likeness (QED) is 0.332. The molecule has 1 heterocycles. The fraction of sp³-hybridized carbons (Fsp3) is 0.250. The first-order valence-electron chi connectivity index (χ1n) is 9.75. The standard InChI is InChI=1S/C24H22N2O2/c1-14-13-21(26(27)28)24-22(15(14)2)18-10-6-12-20(18)23(25-24)19-11-5-8-16-7-3-4-9-17(16)19/h3-11,13,18,20,23,25H,12H2,1-2H3/t18-,20-,23-/m1/s1. The number of hydrogen-bond acceptors (Lipinski definition) is 3. The molecule has 0 amide bonds. The van der Waals surface area contributed by atoms with Gasteiger partial charge in [0, 0.05) is 12.0 Å². The van der Waals surface area contributed by atoms with Gasteiger partial charge in [-0.05, 0) is 59.2 Å². The van der Waals surface area contributed by atoms with Crippen molar-refractivity contribution in [1.82, 2.24) is 0 Å². The normalized spacial score (nSPS) is 22.6. The van der Waals surface area contributed by atoms with Crippen LogP contribution in [0, 0.1) is 29.9 Å². The molecule has 1 aliphatic carbocycles. The Bertz CT molecular complexity index is 1140. The zero-order valence-corrected chi connectivity index (χ0v) is 16.0. The predicted molar refractivity (Wildman–Crippen MR) is 113 cm³/mol. The number of benzene rings is 3. The molecule has 1 aliphatic heterocycles. The molecule has 1 N–H and O–H groups in total.